The summed E-state index contributed by atoms with van der Waals surface area (Å²) < 4.78 is 15.3. The van der Waals surface area contributed by atoms with Crippen LogP contribution in [0.1, 0.15) is 21.8 Å². The van der Waals surface area contributed by atoms with Crippen molar-refractivity contribution in [3.8, 4) is 5.75 Å². The topological polar surface area (TPSA) is 81.8 Å². The number of hydrogen-bond acceptors (Lipinski definition) is 5. The van der Waals surface area contributed by atoms with Crippen LogP contribution < -0.4 is 4.74 Å². The first-order valence-electron chi connectivity index (χ1n) is 5.59. The number of hydrogen-bond donors (Lipinski definition) is 1. The summed E-state index contributed by atoms with van der Waals surface area (Å²) in [5, 5.41) is 12.8. The summed E-state index contributed by atoms with van der Waals surface area (Å²) in [4.78, 5) is 11.0. The number of carboxylic acids is 1. The molecule has 1 heterocycles. The van der Waals surface area contributed by atoms with Crippen molar-refractivity contribution in [3.05, 3.63) is 47.3 Å². The molecule has 0 amide bonds. The molecule has 2 aromatic rings. The standard InChI is InChI=1S/C13H13NO5/c1-17-8-10-6-9(14-19-10)7-18-12-5-3-2-4-11(12)13(15)16/h2-6H,7-8H2,1H3,(H,15,16). The minimum Gasteiger partial charge on any atom is -0.486 e. The average molecular weight is 263 g/mol. The summed E-state index contributed by atoms with van der Waals surface area (Å²) >= 11 is 0. The third-order valence-electron chi connectivity index (χ3n) is 2.39. The van der Waals surface area contributed by atoms with Gasteiger partial charge in [-0.1, -0.05) is 17.3 Å². The van der Waals surface area contributed by atoms with Crippen LogP contribution in [0, 0.1) is 0 Å². The molecule has 0 saturated carbocycles. The van der Waals surface area contributed by atoms with Crippen LogP contribution in [-0.2, 0) is 18.0 Å². The van der Waals surface area contributed by atoms with E-state index in [-0.39, 0.29) is 12.2 Å². The average Bonchev–Trinajstić information content (AvgIpc) is 2.85. The number of carbonyl (C=O) groups is 1. The number of rotatable bonds is 6. The molecular weight excluding hydrogens is 250 g/mol. The van der Waals surface area contributed by atoms with Crippen LogP contribution in [0.3, 0.4) is 0 Å². The predicted molar refractivity (Wildman–Crippen MR) is 64.9 cm³/mol. The lowest BCUT2D eigenvalue weighted by Gasteiger charge is -2.06. The number of nitrogens with zero attached hydrogens (tertiary/aromatic N) is 1. The smallest absolute Gasteiger partial charge is 0.339 e. The van der Waals surface area contributed by atoms with Crippen molar-refractivity contribution in [2.75, 3.05) is 7.11 Å². The van der Waals surface area contributed by atoms with E-state index in [2.05, 4.69) is 5.16 Å². The van der Waals surface area contributed by atoms with Gasteiger partial charge in [-0.3, -0.25) is 0 Å². The second-order valence-electron chi connectivity index (χ2n) is 3.81. The quantitative estimate of drug-likeness (QED) is 0.859. The van der Waals surface area contributed by atoms with E-state index < -0.39 is 5.97 Å². The maximum absolute atomic E-state index is 11.0. The summed E-state index contributed by atoms with van der Waals surface area (Å²) in [6.07, 6.45) is 0. The van der Waals surface area contributed by atoms with Crippen molar-refractivity contribution in [3.63, 3.8) is 0 Å². The Morgan fingerprint density at radius 2 is 2.16 bits per heavy atom. The largest absolute Gasteiger partial charge is 0.486 e. The Kier molecular flexibility index (Phi) is 4.15. The molecule has 1 aromatic carbocycles. The molecule has 0 aliphatic rings. The normalized spacial score (nSPS) is 10.4. The van der Waals surface area contributed by atoms with Crippen molar-refractivity contribution in [1.82, 2.24) is 5.16 Å². The van der Waals surface area contributed by atoms with Gasteiger partial charge >= 0.3 is 5.97 Å². The molecule has 0 aliphatic carbocycles. The van der Waals surface area contributed by atoms with Crippen molar-refractivity contribution in [2.24, 2.45) is 0 Å². The number of aromatic carboxylic acids is 1. The Hall–Kier alpha value is -2.34. The zero-order chi connectivity index (χ0) is 13.7. The summed E-state index contributed by atoms with van der Waals surface area (Å²) in [7, 11) is 1.56. The SMILES string of the molecule is COCc1cc(COc2ccccc2C(=O)O)no1. The minimum absolute atomic E-state index is 0.114. The molecule has 0 spiro atoms. The molecule has 0 radical (unpaired) electrons. The highest BCUT2D eigenvalue weighted by atomic mass is 16.5. The molecule has 19 heavy (non-hydrogen) atoms. The number of benzene rings is 1. The Morgan fingerprint density at radius 3 is 2.89 bits per heavy atom. The molecule has 100 valence electrons. The van der Waals surface area contributed by atoms with Gasteiger partial charge in [-0.15, -0.1) is 0 Å². The second-order valence-corrected chi connectivity index (χ2v) is 3.81. The lowest BCUT2D eigenvalue weighted by Crippen LogP contribution is -2.03. The van der Waals surface area contributed by atoms with E-state index in [0.717, 1.165) is 0 Å². The fraction of sp³-hybridized carbons (Fsp3) is 0.231. The predicted octanol–water partition coefficient (Wildman–Crippen LogP) is 2.10. The molecule has 0 saturated heterocycles. The van der Waals surface area contributed by atoms with Gasteiger partial charge in [0.15, 0.2) is 5.76 Å². The summed E-state index contributed by atoms with van der Waals surface area (Å²) in [5.74, 6) is -0.144. The van der Waals surface area contributed by atoms with E-state index >= 15 is 0 Å². The first-order chi connectivity index (χ1) is 9.20. The van der Waals surface area contributed by atoms with Crippen molar-refractivity contribution in [2.45, 2.75) is 13.2 Å². The zero-order valence-electron chi connectivity index (χ0n) is 10.3. The lowest BCUT2D eigenvalue weighted by atomic mass is 10.2. The Morgan fingerprint density at radius 1 is 1.37 bits per heavy atom. The van der Waals surface area contributed by atoms with Gasteiger partial charge in [0.25, 0.3) is 0 Å². The second kappa shape index (κ2) is 6.01. The first kappa shape index (κ1) is 13.1. The molecule has 0 aliphatic heterocycles. The molecule has 0 fully saturated rings. The van der Waals surface area contributed by atoms with Crippen LogP contribution in [0.4, 0.5) is 0 Å². The maximum Gasteiger partial charge on any atom is 0.339 e. The van der Waals surface area contributed by atoms with Crippen LogP contribution in [0.5, 0.6) is 5.75 Å². The van der Waals surface area contributed by atoms with E-state index in [9.17, 15) is 4.79 Å². The molecular formula is C13H13NO5. The van der Waals surface area contributed by atoms with Crippen molar-refractivity contribution >= 4 is 5.97 Å². The van der Waals surface area contributed by atoms with E-state index in [1.54, 1.807) is 31.4 Å². The van der Waals surface area contributed by atoms with Crippen LogP contribution in [0.15, 0.2) is 34.9 Å². The molecule has 2 rings (SSSR count). The van der Waals surface area contributed by atoms with E-state index in [4.69, 9.17) is 19.1 Å². The Bertz CT molecular complexity index is 564. The van der Waals surface area contributed by atoms with Crippen LogP contribution in [0.2, 0.25) is 0 Å². The number of carboxylic acid groups (broad SMARTS) is 1. The van der Waals surface area contributed by atoms with Gasteiger partial charge in [0.2, 0.25) is 0 Å². The fourth-order valence-corrected chi connectivity index (χ4v) is 1.55. The number of methoxy groups -OCH3 is 1. The van der Waals surface area contributed by atoms with Crippen molar-refractivity contribution < 1.29 is 23.9 Å². The number of ether oxygens (including phenoxy) is 2. The van der Waals surface area contributed by atoms with Crippen LogP contribution >= 0.6 is 0 Å². The third kappa shape index (κ3) is 3.32. The van der Waals surface area contributed by atoms with Gasteiger partial charge < -0.3 is 19.1 Å². The fourth-order valence-electron chi connectivity index (χ4n) is 1.55. The van der Waals surface area contributed by atoms with Gasteiger partial charge in [0.1, 0.15) is 30.2 Å². The molecule has 1 N–H and O–H groups in total. The van der Waals surface area contributed by atoms with E-state index in [1.807, 2.05) is 0 Å². The van der Waals surface area contributed by atoms with Gasteiger partial charge in [-0.2, -0.15) is 0 Å². The highest BCUT2D eigenvalue weighted by Gasteiger charge is 2.11. The van der Waals surface area contributed by atoms with Crippen LogP contribution in [0.25, 0.3) is 0 Å². The zero-order valence-corrected chi connectivity index (χ0v) is 10.3. The molecule has 0 atom stereocenters. The monoisotopic (exact) mass is 263 g/mol. The van der Waals surface area contributed by atoms with Crippen LogP contribution in [-0.4, -0.2) is 23.3 Å². The molecule has 6 heteroatoms. The summed E-state index contributed by atoms with van der Waals surface area (Å²) in [6.45, 7) is 0.468. The number of para-hydroxylation sites is 1. The molecule has 0 unspecified atom stereocenters. The van der Waals surface area contributed by atoms with E-state index in [0.29, 0.717) is 23.8 Å². The minimum atomic E-state index is -1.03. The molecule has 6 nitrogen and oxygen atoms in total. The van der Waals surface area contributed by atoms with E-state index in [1.165, 1.54) is 6.07 Å². The van der Waals surface area contributed by atoms with Gasteiger partial charge in [-0.05, 0) is 12.1 Å². The van der Waals surface area contributed by atoms with Gasteiger partial charge in [0.05, 0.1) is 0 Å². The first-order valence-corrected chi connectivity index (χ1v) is 5.59. The lowest BCUT2D eigenvalue weighted by molar-refractivity contribution is 0.0691. The molecule has 1 aromatic heterocycles. The number of aromatic nitrogens is 1. The summed E-state index contributed by atoms with van der Waals surface area (Å²) in [5.41, 5.74) is 0.690. The Balaban J connectivity index is 2.03. The highest BCUT2D eigenvalue weighted by molar-refractivity contribution is 5.90. The highest BCUT2D eigenvalue weighted by Crippen LogP contribution is 2.19. The Labute approximate surface area is 109 Å². The van der Waals surface area contributed by atoms with Gasteiger partial charge in [0, 0.05) is 13.2 Å². The molecule has 0 bridgehead atoms. The van der Waals surface area contributed by atoms with Gasteiger partial charge in [-0.25, -0.2) is 4.79 Å². The summed E-state index contributed by atoms with van der Waals surface area (Å²) in [6, 6.07) is 8.13. The third-order valence-corrected chi connectivity index (χ3v) is 2.39. The van der Waals surface area contributed by atoms with Crippen molar-refractivity contribution in [1.29, 1.82) is 0 Å². The maximum atomic E-state index is 11.0.